The Kier molecular flexibility index (Phi) is 11.6. The van der Waals surface area contributed by atoms with Crippen molar-refractivity contribution in [2.75, 3.05) is 39.4 Å². The molecule has 1 unspecified atom stereocenters. The number of benzene rings is 2. The van der Waals surface area contributed by atoms with E-state index in [1.807, 2.05) is 55.5 Å². The molecule has 2 aromatic rings. The summed E-state index contributed by atoms with van der Waals surface area (Å²) in [4.78, 5) is 30.7. The maximum atomic E-state index is 13.5. The molecule has 2 aromatic carbocycles. The number of hydrogen-bond donors (Lipinski definition) is 1. The minimum atomic E-state index is -0.731. The third-order valence-corrected chi connectivity index (χ3v) is 6.90. The maximum Gasteiger partial charge on any atom is 0.290 e. The van der Waals surface area contributed by atoms with Crippen molar-refractivity contribution < 1.29 is 24.2 Å². The van der Waals surface area contributed by atoms with E-state index in [2.05, 4.69) is 25.7 Å². The smallest absolute Gasteiger partial charge is 0.290 e. The molecule has 210 valence electrons. The van der Waals surface area contributed by atoms with Crippen LogP contribution in [0.1, 0.15) is 64.1 Å². The Balaban J connectivity index is 1.97. The number of ketones is 1. The highest BCUT2D eigenvalue weighted by Gasteiger charge is 2.43. The molecule has 0 fully saturated rings. The van der Waals surface area contributed by atoms with E-state index in [4.69, 9.17) is 9.47 Å². The Morgan fingerprint density at radius 2 is 1.74 bits per heavy atom. The van der Waals surface area contributed by atoms with E-state index < -0.39 is 23.5 Å². The number of aliphatic hydroxyl groups excluding tert-OH is 1. The predicted molar refractivity (Wildman–Crippen MR) is 155 cm³/mol. The minimum Gasteiger partial charge on any atom is -0.503 e. The van der Waals surface area contributed by atoms with Crippen LogP contribution < -0.4 is 9.47 Å². The summed E-state index contributed by atoms with van der Waals surface area (Å²) in [5, 5.41) is 11.0. The van der Waals surface area contributed by atoms with Gasteiger partial charge in [-0.1, -0.05) is 69.7 Å². The molecule has 7 nitrogen and oxygen atoms in total. The van der Waals surface area contributed by atoms with Gasteiger partial charge in [0.1, 0.15) is 0 Å². The van der Waals surface area contributed by atoms with Crippen LogP contribution in [0.2, 0.25) is 0 Å². The first-order valence-corrected chi connectivity index (χ1v) is 14.1. The van der Waals surface area contributed by atoms with Crippen LogP contribution in [0, 0.1) is 0 Å². The highest BCUT2D eigenvalue weighted by atomic mass is 16.5. The Hall–Kier alpha value is -3.58. The highest BCUT2D eigenvalue weighted by Crippen LogP contribution is 2.41. The first-order valence-electron chi connectivity index (χ1n) is 14.1. The first-order chi connectivity index (χ1) is 18.9. The van der Waals surface area contributed by atoms with Crippen molar-refractivity contribution in [1.29, 1.82) is 0 Å². The lowest BCUT2D eigenvalue weighted by Crippen LogP contribution is -2.34. The Morgan fingerprint density at radius 3 is 2.41 bits per heavy atom. The fourth-order valence-electron chi connectivity index (χ4n) is 4.72. The molecule has 0 aromatic heterocycles. The van der Waals surface area contributed by atoms with Gasteiger partial charge in [-0.15, -0.1) is 0 Å². The van der Waals surface area contributed by atoms with E-state index >= 15 is 0 Å². The van der Waals surface area contributed by atoms with Gasteiger partial charge in [0, 0.05) is 6.54 Å². The summed E-state index contributed by atoms with van der Waals surface area (Å²) in [6.45, 7) is 12.3. The third-order valence-electron chi connectivity index (χ3n) is 6.90. The molecule has 1 aliphatic heterocycles. The van der Waals surface area contributed by atoms with E-state index in [1.165, 1.54) is 6.08 Å². The van der Waals surface area contributed by atoms with Crippen molar-refractivity contribution >= 4 is 17.8 Å². The second-order valence-electron chi connectivity index (χ2n) is 9.49. The molecule has 0 saturated carbocycles. The molecule has 1 amide bonds. The van der Waals surface area contributed by atoms with Crippen LogP contribution in [0.5, 0.6) is 11.5 Å². The number of rotatable bonds is 16. The monoisotopic (exact) mass is 534 g/mol. The van der Waals surface area contributed by atoms with Gasteiger partial charge in [0.2, 0.25) is 0 Å². The standard InChI is InChI=1S/C32H42N2O5/c1-5-9-22-39-27-19-17-25(23-28(27)38-8-4)30-29(26(35)18-16-24-14-11-10-12-15-24)31(36)32(37)34(30)21-13-20-33(6-2)7-3/h10-12,14-19,23,30,36H,5-9,13,20-22H2,1-4H3/b18-16+. The number of allylic oxidation sites excluding steroid dienone is 1. The molecule has 1 heterocycles. The molecule has 1 aliphatic rings. The fourth-order valence-corrected chi connectivity index (χ4v) is 4.72. The largest absolute Gasteiger partial charge is 0.503 e. The van der Waals surface area contributed by atoms with Crippen LogP contribution in [-0.4, -0.2) is 66.0 Å². The van der Waals surface area contributed by atoms with Crippen LogP contribution in [0.3, 0.4) is 0 Å². The van der Waals surface area contributed by atoms with Crippen LogP contribution in [0.25, 0.3) is 6.08 Å². The molecular weight excluding hydrogens is 492 g/mol. The Morgan fingerprint density at radius 1 is 1.00 bits per heavy atom. The van der Waals surface area contributed by atoms with Crippen LogP contribution in [0.15, 0.2) is 65.9 Å². The lowest BCUT2D eigenvalue weighted by atomic mass is 9.95. The minimum absolute atomic E-state index is 0.0807. The quantitative estimate of drug-likeness (QED) is 0.211. The summed E-state index contributed by atoms with van der Waals surface area (Å²) in [6, 6.07) is 14.2. The van der Waals surface area contributed by atoms with Gasteiger partial charge >= 0.3 is 0 Å². The number of amides is 1. The van der Waals surface area contributed by atoms with Crippen molar-refractivity contribution in [3.63, 3.8) is 0 Å². The van der Waals surface area contributed by atoms with Gasteiger partial charge < -0.3 is 24.4 Å². The summed E-state index contributed by atoms with van der Waals surface area (Å²) in [5.41, 5.74) is 1.63. The van der Waals surface area contributed by atoms with E-state index in [0.29, 0.717) is 36.8 Å². The number of aliphatic hydroxyl groups is 1. The summed E-state index contributed by atoms with van der Waals surface area (Å²) < 4.78 is 11.8. The molecule has 39 heavy (non-hydrogen) atoms. The average Bonchev–Trinajstić information content (AvgIpc) is 3.20. The van der Waals surface area contributed by atoms with Crippen molar-refractivity contribution in [1.82, 2.24) is 9.80 Å². The van der Waals surface area contributed by atoms with E-state index in [0.717, 1.165) is 44.5 Å². The lowest BCUT2D eigenvalue weighted by molar-refractivity contribution is -0.129. The zero-order valence-corrected chi connectivity index (χ0v) is 23.7. The zero-order chi connectivity index (χ0) is 28.2. The summed E-state index contributed by atoms with van der Waals surface area (Å²) >= 11 is 0. The van der Waals surface area contributed by atoms with Crippen LogP contribution in [0.4, 0.5) is 0 Å². The number of unbranched alkanes of at least 4 members (excludes halogenated alkanes) is 1. The highest BCUT2D eigenvalue weighted by molar-refractivity contribution is 6.14. The number of carbonyl (C=O) groups excluding carboxylic acids is 2. The van der Waals surface area contributed by atoms with Crippen LogP contribution in [-0.2, 0) is 9.59 Å². The predicted octanol–water partition coefficient (Wildman–Crippen LogP) is 5.97. The summed E-state index contributed by atoms with van der Waals surface area (Å²) in [7, 11) is 0. The third kappa shape index (κ3) is 7.73. The summed E-state index contributed by atoms with van der Waals surface area (Å²) in [5.74, 6) is -0.248. The molecule has 1 atom stereocenters. The maximum absolute atomic E-state index is 13.5. The van der Waals surface area contributed by atoms with Crippen molar-refractivity contribution in [3.8, 4) is 11.5 Å². The van der Waals surface area contributed by atoms with Gasteiger partial charge in [-0.25, -0.2) is 0 Å². The molecule has 0 spiro atoms. The van der Waals surface area contributed by atoms with Gasteiger partial charge in [0.15, 0.2) is 23.0 Å². The number of carbonyl (C=O) groups is 2. The van der Waals surface area contributed by atoms with Crippen molar-refractivity contribution in [2.45, 2.75) is 53.0 Å². The second-order valence-corrected chi connectivity index (χ2v) is 9.49. The molecule has 7 heteroatoms. The van der Waals surface area contributed by atoms with Gasteiger partial charge in [-0.05, 0) is 68.7 Å². The summed E-state index contributed by atoms with van der Waals surface area (Å²) in [6.07, 6.45) is 5.78. The van der Waals surface area contributed by atoms with Gasteiger partial charge in [-0.2, -0.15) is 0 Å². The topological polar surface area (TPSA) is 79.3 Å². The van der Waals surface area contributed by atoms with Gasteiger partial charge in [-0.3, -0.25) is 9.59 Å². The number of hydrogen-bond acceptors (Lipinski definition) is 6. The van der Waals surface area contributed by atoms with Gasteiger partial charge in [0.25, 0.3) is 5.91 Å². The van der Waals surface area contributed by atoms with E-state index in [1.54, 1.807) is 11.0 Å². The molecule has 1 N–H and O–H groups in total. The second kappa shape index (κ2) is 15.1. The molecular formula is C32H42N2O5. The SMILES string of the molecule is CCCCOc1ccc(C2C(C(=O)/C=C/c3ccccc3)=C(O)C(=O)N2CCCN(CC)CC)cc1OCC. The molecule has 0 saturated heterocycles. The fraction of sp³-hybridized carbons (Fsp3) is 0.438. The Bertz CT molecular complexity index is 1150. The lowest BCUT2D eigenvalue weighted by Gasteiger charge is -2.28. The van der Waals surface area contributed by atoms with Crippen molar-refractivity contribution in [2.24, 2.45) is 0 Å². The molecule has 3 rings (SSSR count). The molecule has 0 aliphatic carbocycles. The molecule has 0 bridgehead atoms. The Labute approximate surface area is 232 Å². The average molecular weight is 535 g/mol. The van der Waals surface area contributed by atoms with Gasteiger partial charge in [0.05, 0.1) is 24.8 Å². The number of nitrogens with zero attached hydrogens (tertiary/aromatic N) is 2. The van der Waals surface area contributed by atoms with E-state index in [9.17, 15) is 14.7 Å². The van der Waals surface area contributed by atoms with Crippen LogP contribution >= 0.6 is 0 Å². The zero-order valence-electron chi connectivity index (χ0n) is 23.7. The first kappa shape index (κ1) is 30.0. The normalized spacial score (nSPS) is 15.6. The number of ether oxygens (including phenoxy) is 2. The van der Waals surface area contributed by atoms with Crippen molar-refractivity contribution in [3.05, 3.63) is 77.1 Å². The van der Waals surface area contributed by atoms with E-state index in [-0.39, 0.29) is 5.57 Å². The molecule has 0 radical (unpaired) electrons.